The van der Waals surface area contributed by atoms with Crippen molar-refractivity contribution in [1.29, 1.82) is 0 Å². The van der Waals surface area contributed by atoms with E-state index in [4.69, 9.17) is 5.73 Å². The van der Waals surface area contributed by atoms with Crippen LogP contribution in [-0.4, -0.2) is 22.3 Å². The van der Waals surface area contributed by atoms with E-state index in [2.05, 4.69) is 4.98 Å². The molecule has 0 unspecified atom stereocenters. The van der Waals surface area contributed by atoms with Crippen LogP contribution in [0.15, 0.2) is 36.5 Å². The van der Waals surface area contributed by atoms with Crippen LogP contribution in [-0.2, 0) is 11.2 Å². The molecule has 0 saturated heterocycles. The Morgan fingerprint density at radius 2 is 2.09 bits per heavy atom. The molecule has 0 spiro atoms. The maximum absolute atomic E-state index is 11.8. The summed E-state index contributed by atoms with van der Waals surface area (Å²) in [5, 5.41) is 0. The fourth-order valence-corrected chi connectivity index (χ4v) is 3.05. The van der Waals surface area contributed by atoms with E-state index in [9.17, 15) is 4.79 Å². The highest BCUT2D eigenvalue weighted by Crippen LogP contribution is 2.34. The number of nitrogens with zero attached hydrogens (tertiary/aromatic N) is 3. The van der Waals surface area contributed by atoms with Gasteiger partial charge in [0.05, 0.1) is 6.42 Å². The molecule has 0 fully saturated rings. The number of anilines is 2. The van der Waals surface area contributed by atoms with Crippen molar-refractivity contribution in [3.63, 3.8) is 0 Å². The standard InChI is InChI=1S/C17H16N4O/c1-10-4-3-7-21-16(18)15(19-17(10)21)11-5-6-13-12(8-11)9-14(22)20(13)2/h3-8H,9,18H2,1-2H3. The first kappa shape index (κ1) is 12.9. The number of hydrogen-bond donors (Lipinski definition) is 1. The Kier molecular flexibility index (Phi) is 2.54. The first-order valence-electron chi connectivity index (χ1n) is 7.19. The number of aromatic nitrogens is 2. The SMILES string of the molecule is Cc1cccn2c(N)c(-c3ccc4c(c3)CC(=O)N4C)nc12. The molecule has 2 N–H and O–H groups in total. The number of fused-ring (bicyclic) bond motifs is 2. The van der Waals surface area contributed by atoms with Gasteiger partial charge in [0.2, 0.25) is 5.91 Å². The number of pyridine rings is 1. The molecular weight excluding hydrogens is 276 g/mol. The first-order chi connectivity index (χ1) is 10.6. The molecule has 1 aromatic carbocycles. The second kappa shape index (κ2) is 4.34. The number of aryl methyl sites for hydroxylation is 1. The quantitative estimate of drug-likeness (QED) is 0.749. The molecule has 5 nitrogen and oxygen atoms in total. The molecule has 2 aromatic heterocycles. The summed E-state index contributed by atoms with van der Waals surface area (Å²) in [6, 6.07) is 9.93. The van der Waals surface area contributed by atoms with Crippen molar-refractivity contribution in [2.45, 2.75) is 13.3 Å². The molecule has 3 aromatic rings. The average molecular weight is 292 g/mol. The molecule has 3 heterocycles. The molecule has 0 bridgehead atoms. The Bertz CT molecular complexity index is 926. The molecule has 1 amide bonds. The lowest BCUT2D eigenvalue weighted by molar-refractivity contribution is -0.117. The number of nitrogen functional groups attached to an aromatic ring is 1. The second-order valence-corrected chi connectivity index (χ2v) is 5.70. The molecule has 110 valence electrons. The van der Waals surface area contributed by atoms with Crippen molar-refractivity contribution in [2.24, 2.45) is 0 Å². The van der Waals surface area contributed by atoms with Crippen molar-refractivity contribution in [3.05, 3.63) is 47.7 Å². The Hall–Kier alpha value is -2.82. The minimum Gasteiger partial charge on any atom is -0.383 e. The minimum atomic E-state index is 0.117. The molecule has 1 aliphatic heterocycles. The molecule has 22 heavy (non-hydrogen) atoms. The number of carbonyl (C=O) groups excluding carboxylic acids is 1. The van der Waals surface area contributed by atoms with Gasteiger partial charge in [0.1, 0.15) is 17.2 Å². The number of rotatable bonds is 1. The zero-order chi connectivity index (χ0) is 15.4. The molecule has 4 rings (SSSR count). The van der Waals surface area contributed by atoms with Crippen LogP contribution in [0.4, 0.5) is 11.5 Å². The number of likely N-dealkylation sites (N-methyl/N-ethyl adjacent to an activating group) is 1. The summed E-state index contributed by atoms with van der Waals surface area (Å²) in [6.45, 7) is 2.02. The third-order valence-electron chi connectivity index (χ3n) is 4.31. The molecule has 0 saturated carbocycles. The van der Waals surface area contributed by atoms with Crippen LogP contribution in [0.3, 0.4) is 0 Å². The van der Waals surface area contributed by atoms with E-state index in [-0.39, 0.29) is 5.91 Å². The Morgan fingerprint density at radius 3 is 2.86 bits per heavy atom. The summed E-state index contributed by atoms with van der Waals surface area (Å²) in [7, 11) is 1.80. The van der Waals surface area contributed by atoms with Gasteiger partial charge in [-0.3, -0.25) is 9.20 Å². The minimum absolute atomic E-state index is 0.117. The highest BCUT2D eigenvalue weighted by Gasteiger charge is 2.24. The highest BCUT2D eigenvalue weighted by atomic mass is 16.2. The number of carbonyl (C=O) groups is 1. The Labute approximate surface area is 128 Å². The fraction of sp³-hybridized carbons (Fsp3) is 0.176. The topological polar surface area (TPSA) is 63.6 Å². The van der Waals surface area contributed by atoms with Gasteiger partial charge in [-0.05, 0) is 36.2 Å². The third kappa shape index (κ3) is 1.65. The van der Waals surface area contributed by atoms with Crippen LogP contribution < -0.4 is 10.6 Å². The third-order valence-corrected chi connectivity index (χ3v) is 4.31. The van der Waals surface area contributed by atoms with Crippen LogP contribution >= 0.6 is 0 Å². The van der Waals surface area contributed by atoms with Crippen LogP contribution in [0.2, 0.25) is 0 Å². The summed E-state index contributed by atoms with van der Waals surface area (Å²) >= 11 is 0. The number of amides is 1. The van der Waals surface area contributed by atoms with Gasteiger partial charge in [0.15, 0.2) is 0 Å². The normalized spacial score (nSPS) is 13.9. The Balaban J connectivity index is 1.90. The maximum atomic E-state index is 11.8. The number of benzene rings is 1. The average Bonchev–Trinajstić information content (AvgIpc) is 2.99. The molecule has 5 heteroatoms. The lowest BCUT2D eigenvalue weighted by Crippen LogP contribution is -2.20. The van der Waals surface area contributed by atoms with Crippen LogP contribution in [0.25, 0.3) is 16.9 Å². The van der Waals surface area contributed by atoms with Crippen molar-refractivity contribution in [1.82, 2.24) is 9.38 Å². The highest BCUT2D eigenvalue weighted by molar-refractivity contribution is 6.01. The van der Waals surface area contributed by atoms with E-state index in [0.717, 1.165) is 33.7 Å². The van der Waals surface area contributed by atoms with Gasteiger partial charge in [-0.1, -0.05) is 12.1 Å². The maximum Gasteiger partial charge on any atom is 0.231 e. The molecule has 0 atom stereocenters. The van der Waals surface area contributed by atoms with Gasteiger partial charge in [0.25, 0.3) is 0 Å². The van der Waals surface area contributed by atoms with Gasteiger partial charge in [-0.2, -0.15) is 0 Å². The summed E-state index contributed by atoms with van der Waals surface area (Å²) in [4.78, 5) is 18.2. The summed E-state index contributed by atoms with van der Waals surface area (Å²) in [6.07, 6.45) is 2.35. The number of imidazole rings is 1. The van der Waals surface area contributed by atoms with Crippen LogP contribution in [0.1, 0.15) is 11.1 Å². The van der Waals surface area contributed by atoms with E-state index < -0.39 is 0 Å². The van der Waals surface area contributed by atoms with Crippen LogP contribution in [0, 0.1) is 6.92 Å². The summed E-state index contributed by atoms with van der Waals surface area (Å²) in [5.74, 6) is 0.738. The first-order valence-corrected chi connectivity index (χ1v) is 7.19. The van der Waals surface area contributed by atoms with E-state index in [1.165, 1.54) is 0 Å². The second-order valence-electron chi connectivity index (χ2n) is 5.70. The van der Waals surface area contributed by atoms with Crippen molar-refractivity contribution in [2.75, 3.05) is 17.7 Å². The fourth-order valence-electron chi connectivity index (χ4n) is 3.05. The number of nitrogens with two attached hydrogens (primary N) is 1. The zero-order valence-electron chi connectivity index (χ0n) is 12.5. The molecule has 1 aliphatic rings. The zero-order valence-corrected chi connectivity index (χ0v) is 12.5. The monoisotopic (exact) mass is 292 g/mol. The van der Waals surface area contributed by atoms with Crippen molar-refractivity contribution in [3.8, 4) is 11.3 Å². The molecular formula is C17H16N4O. The predicted octanol–water partition coefficient (Wildman–Crippen LogP) is 2.41. The summed E-state index contributed by atoms with van der Waals surface area (Å²) < 4.78 is 1.90. The smallest absolute Gasteiger partial charge is 0.231 e. The van der Waals surface area contributed by atoms with E-state index in [1.807, 2.05) is 47.9 Å². The van der Waals surface area contributed by atoms with E-state index in [0.29, 0.717) is 12.2 Å². The van der Waals surface area contributed by atoms with Gasteiger partial charge in [0, 0.05) is 24.5 Å². The predicted molar refractivity (Wildman–Crippen MR) is 86.9 cm³/mol. The van der Waals surface area contributed by atoms with Gasteiger partial charge < -0.3 is 10.6 Å². The van der Waals surface area contributed by atoms with Crippen molar-refractivity contribution >= 4 is 23.1 Å². The van der Waals surface area contributed by atoms with Gasteiger partial charge in [-0.25, -0.2) is 4.98 Å². The van der Waals surface area contributed by atoms with E-state index >= 15 is 0 Å². The van der Waals surface area contributed by atoms with Crippen LogP contribution in [0.5, 0.6) is 0 Å². The van der Waals surface area contributed by atoms with Gasteiger partial charge in [-0.15, -0.1) is 0 Å². The van der Waals surface area contributed by atoms with E-state index in [1.54, 1.807) is 11.9 Å². The van der Waals surface area contributed by atoms with Gasteiger partial charge >= 0.3 is 0 Å². The Morgan fingerprint density at radius 1 is 1.27 bits per heavy atom. The lowest BCUT2D eigenvalue weighted by Gasteiger charge is -2.10. The molecule has 0 aliphatic carbocycles. The molecule has 0 radical (unpaired) electrons. The lowest BCUT2D eigenvalue weighted by atomic mass is 10.1. The summed E-state index contributed by atoms with van der Waals surface area (Å²) in [5.41, 5.74) is 11.9. The number of hydrogen-bond acceptors (Lipinski definition) is 3. The largest absolute Gasteiger partial charge is 0.383 e. The van der Waals surface area contributed by atoms with Crippen molar-refractivity contribution < 1.29 is 4.79 Å².